The molecule has 0 saturated carbocycles. The summed E-state index contributed by atoms with van der Waals surface area (Å²) in [7, 11) is 0. The maximum atomic E-state index is 12.5. The predicted molar refractivity (Wildman–Crippen MR) is 63.9 cm³/mol. The molecule has 1 unspecified atom stereocenters. The van der Waals surface area contributed by atoms with Crippen molar-refractivity contribution in [3.63, 3.8) is 0 Å². The summed E-state index contributed by atoms with van der Waals surface area (Å²) in [6.07, 6.45) is -0.0326. The number of rotatable bonds is 4. The number of fused-ring (bicyclic) bond motifs is 1. The molecule has 0 fully saturated rings. The molecule has 0 bridgehead atoms. The van der Waals surface area contributed by atoms with Crippen molar-refractivity contribution in [1.29, 1.82) is 0 Å². The summed E-state index contributed by atoms with van der Waals surface area (Å²) in [4.78, 5) is 14.4. The number of aromatic amines is 1. The molecular weight excluding hydrogens is 221 g/mol. The number of alkyl halides is 1. The summed E-state index contributed by atoms with van der Waals surface area (Å²) in [6.45, 7) is 0.887. The number of halogens is 1. The van der Waals surface area contributed by atoms with Crippen molar-refractivity contribution in [2.24, 2.45) is 0 Å². The third-order valence-electron chi connectivity index (χ3n) is 3.19. The van der Waals surface area contributed by atoms with Gasteiger partial charge in [0.05, 0.1) is 6.67 Å². The Morgan fingerprint density at radius 2 is 2.18 bits per heavy atom. The molecule has 0 radical (unpaired) electrons. The van der Waals surface area contributed by atoms with Crippen LogP contribution in [0.3, 0.4) is 0 Å². The number of nitrogens with one attached hydrogen (secondary N) is 1. The second-order valence-corrected chi connectivity index (χ2v) is 4.35. The molecule has 0 aliphatic rings. The molecule has 2 rings (SSSR count). The van der Waals surface area contributed by atoms with Crippen LogP contribution in [-0.4, -0.2) is 22.7 Å². The zero-order valence-electron chi connectivity index (χ0n) is 9.53. The van der Waals surface area contributed by atoms with Gasteiger partial charge in [0, 0.05) is 11.2 Å². The van der Waals surface area contributed by atoms with Crippen LogP contribution >= 0.6 is 0 Å². The molecule has 1 aromatic heterocycles. The van der Waals surface area contributed by atoms with Crippen LogP contribution in [0, 0.1) is 0 Å². The van der Waals surface area contributed by atoms with Crippen molar-refractivity contribution in [3.05, 3.63) is 36.0 Å². The Kier molecular flexibility index (Phi) is 2.88. The number of aromatic nitrogens is 1. The van der Waals surface area contributed by atoms with Gasteiger partial charge in [-0.05, 0) is 30.9 Å². The smallest absolute Gasteiger partial charge is 0.315 e. The Morgan fingerprint density at radius 1 is 1.47 bits per heavy atom. The predicted octanol–water partition coefficient (Wildman–Crippen LogP) is 2.87. The molecule has 2 aromatic rings. The molecule has 0 aliphatic heterocycles. The maximum Gasteiger partial charge on any atom is 0.315 e. The van der Waals surface area contributed by atoms with E-state index in [4.69, 9.17) is 0 Å². The van der Waals surface area contributed by atoms with E-state index in [0.29, 0.717) is 5.69 Å². The van der Waals surface area contributed by atoms with E-state index in [1.165, 1.54) is 0 Å². The van der Waals surface area contributed by atoms with Crippen molar-refractivity contribution >= 4 is 16.9 Å². The second-order valence-electron chi connectivity index (χ2n) is 4.35. The van der Waals surface area contributed by atoms with E-state index in [-0.39, 0.29) is 6.42 Å². The van der Waals surface area contributed by atoms with Crippen molar-refractivity contribution in [2.75, 3.05) is 6.67 Å². The number of aliphatic carboxylic acids is 1. The number of carbonyl (C=O) groups is 1. The van der Waals surface area contributed by atoms with Crippen LogP contribution in [0.4, 0.5) is 4.39 Å². The highest BCUT2D eigenvalue weighted by Crippen LogP contribution is 2.30. The van der Waals surface area contributed by atoms with Crippen LogP contribution in [0.15, 0.2) is 30.3 Å². The van der Waals surface area contributed by atoms with Gasteiger partial charge in [0.25, 0.3) is 0 Å². The van der Waals surface area contributed by atoms with Crippen LogP contribution in [0.1, 0.15) is 19.0 Å². The third kappa shape index (κ3) is 1.90. The Bertz CT molecular complexity index is 516. The molecule has 2 N–H and O–H groups in total. The number of benzene rings is 1. The molecular formula is C13H14FNO2. The molecule has 1 atom stereocenters. The Morgan fingerprint density at radius 3 is 2.76 bits per heavy atom. The fourth-order valence-corrected chi connectivity index (χ4v) is 1.92. The van der Waals surface area contributed by atoms with E-state index in [2.05, 4.69) is 4.98 Å². The first-order chi connectivity index (χ1) is 8.08. The Hall–Kier alpha value is -1.84. The van der Waals surface area contributed by atoms with E-state index in [1.807, 2.05) is 24.3 Å². The molecule has 1 aromatic carbocycles. The first-order valence-corrected chi connectivity index (χ1v) is 5.45. The lowest BCUT2D eigenvalue weighted by atomic mass is 9.84. The van der Waals surface area contributed by atoms with Crippen molar-refractivity contribution in [3.8, 4) is 0 Å². The van der Waals surface area contributed by atoms with Gasteiger partial charge in [0.15, 0.2) is 0 Å². The summed E-state index contributed by atoms with van der Waals surface area (Å²) in [5.41, 5.74) is 0.214. The normalized spacial score (nSPS) is 14.7. The van der Waals surface area contributed by atoms with Crippen molar-refractivity contribution in [2.45, 2.75) is 18.8 Å². The Labute approximate surface area is 98.3 Å². The first kappa shape index (κ1) is 11.6. The van der Waals surface area contributed by atoms with Crippen LogP contribution < -0.4 is 0 Å². The largest absolute Gasteiger partial charge is 0.481 e. The number of H-pyrrole nitrogens is 1. The molecule has 3 nitrogen and oxygen atoms in total. The lowest BCUT2D eigenvalue weighted by Crippen LogP contribution is -2.33. The topological polar surface area (TPSA) is 53.1 Å². The fourth-order valence-electron chi connectivity index (χ4n) is 1.92. The van der Waals surface area contributed by atoms with Gasteiger partial charge >= 0.3 is 5.97 Å². The highest BCUT2D eigenvalue weighted by Gasteiger charge is 2.36. The highest BCUT2D eigenvalue weighted by molar-refractivity contribution is 5.86. The zero-order chi connectivity index (χ0) is 12.5. The summed E-state index contributed by atoms with van der Waals surface area (Å²) in [5.74, 6) is -1.01. The van der Waals surface area contributed by atoms with E-state index < -0.39 is 18.1 Å². The molecule has 0 spiro atoms. The van der Waals surface area contributed by atoms with Gasteiger partial charge in [-0.3, -0.25) is 9.18 Å². The lowest BCUT2D eigenvalue weighted by molar-refractivity contribution is -0.143. The van der Waals surface area contributed by atoms with Crippen molar-refractivity contribution in [1.82, 2.24) is 4.98 Å². The zero-order valence-corrected chi connectivity index (χ0v) is 9.53. The van der Waals surface area contributed by atoms with E-state index >= 15 is 0 Å². The molecule has 17 heavy (non-hydrogen) atoms. The summed E-state index contributed by atoms with van der Waals surface area (Å²) < 4.78 is 12.5. The van der Waals surface area contributed by atoms with Crippen LogP contribution in [0.5, 0.6) is 0 Å². The van der Waals surface area contributed by atoms with Crippen LogP contribution in [0.25, 0.3) is 10.9 Å². The number of carboxylic acid groups (broad SMARTS) is 1. The molecule has 0 amide bonds. The molecule has 0 aliphatic carbocycles. The second kappa shape index (κ2) is 4.20. The molecule has 4 heteroatoms. The molecule has 90 valence electrons. The average molecular weight is 235 g/mol. The minimum Gasteiger partial charge on any atom is -0.481 e. The number of para-hydroxylation sites is 1. The van der Waals surface area contributed by atoms with Gasteiger partial charge in [-0.25, -0.2) is 0 Å². The minimum absolute atomic E-state index is 0.0326. The van der Waals surface area contributed by atoms with Crippen LogP contribution in [0.2, 0.25) is 0 Å². The monoisotopic (exact) mass is 235 g/mol. The standard InChI is InChI=1S/C13H14FNO2/c1-13(6-7-14,12(16)17)11-8-9-4-2-3-5-10(9)15-11/h2-5,8,15H,6-7H2,1H3,(H,16,17). The van der Waals surface area contributed by atoms with Gasteiger partial charge in [-0.1, -0.05) is 18.2 Å². The number of hydrogen-bond acceptors (Lipinski definition) is 1. The van der Waals surface area contributed by atoms with E-state index in [9.17, 15) is 14.3 Å². The van der Waals surface area contributed by atoms with Gasteiger partial charge < -0.3 is 10.1 Å². The lowest BCUT2D eigenvalue weighted by Gasteiger charge is -2.21. The number of hydrogen-bond donors (Lipinski definition) is 2. The maximum absolute atomic E-state index is 12.5. The summed E-state index contributed by atoms with van der Waals surface area (Å²) in [5, 5.41) is 10.2. The first-order valence-electron chi connectivity index (χ1n) is 5.45. The summed E-state index contributed by atoms with van der Waals surface area (Å²) >= 11 is 0. The number of carboxylic acids is 1. The van der Waals surface area contributed by atoms with Gasteiger partial charge in [0.2, 0.25) is 0 Å². The van der Waals surface area contributed by atoms with E-state index in [1.54, 1.807) is 13.0 Å². The average Bonchev–Trinajstić information content (AvgIpc) is 2.72. The van der Waals surface area contributed by atoms with Crippen LogP contribution in [-0.2, 0) is 10.2 Å². The molecule has 0 saturated heterocycles. The highest BCUT2D eigenvalue weighted by atomic mass is 19.1. The van der Waals surface area contributed by atoms with Gasteiger partial charge in [-0.15, -0.1) is 0 Å². The quantitative estimate of drug-likeness (QED) is 0.856. The third-order valence-corrected chi connectivity index (χ3v) is 3.19. The summed E-state index contributed by atoms with van der Waals surface area (Å²) in [6, 6.07) is 9.30. The van der Waals surface area contributed by atoms with Gasteiger partial charge in [-0.2, -0.15) is 0 Å². The van der Waals surface area contributed by atoms with E-state index in [0.717, 1.165) is 10.9 Å². The van der Waals surface area contributed by atoms with Crippen molar-refractivity contribution < 1.29 is 14.3 Å². The van der Waals surface area contributed by atoms with Gasteiger partial charge in [0.1, 0.15) is 5.41 Å². The fraction of sp³-hybridized carbons (Fsp3) is 0.308. The Balaban J connectivity index is 2.53. The molecule has 1 heterocycles. The minimum atomic E-state index is -1.20. The SMILES string of the molecule is CC(CCF)(C(=O)O)c1cc2ccccc2[nH]1.